The van der Waals surface area contributed by atoms with E-state index in [1.807, 2.05) is 6.92 Å². The Morgan fingerprint density at radius 1 is 1.50 bits per heavy atom. The minimum absolute atomic E-state index is 0.345. The lowest BCUT2D eigenvalue weighted by Crippen LogP contribution is -2.36. The Bertz CT molecular complexity index is 337. The molecule has 0 bridgehead atoms. The molecule has 2 heterocycles. The number of methoxy groups -OCH3 is 1. The fourth-order valence-corrected chi connectivity index (χ4v) is 2.57. The van der Waals surface area contributed by atoms with E-state index in [-0.39, 0.29) is 5.60 Å². The number of hydrogen-bond acceptors (Lipinski definition) is 6. The molecule has 0 amide bonds. The van der Waals surface area contributed by atoms with Crippen molar-refractivity contribution in [2.75, 3.05) is 32.2 Å². The smallest absolute Gasteiger partial charge is 0.202 e. The van der Waals surface area contributed by atoms with Crippen molar-refractivity contribution in [1.29, 1.82) is 0 Å². The van der Waals surface area contributed by atoms with Gasteiger partial charge in [0.1, 0.15) is 5.60 Å². The fourth-order valence-electron chi connectivity index (χ4n) is 1.85. The summed E-state index contributed by atoms with van der Waals surface area (Å²) in [4.78, 5) is 4.48. The van der Waals surface area contributed by atoms with Crippen molar-refractivity contribution in [3.05, 3.63) is 5.82 Å². The average Bonchev–Trinajstić information content (AvgIpc) is 2.80. The predicted octanol–water partition coefficient (Wildman–Crippen LogP) is 1.62. The van der Waals surface area contributed by atoms with Crippen molar-refractivity contribution in [1.82, 2.24) is 9.36 Å². The Morgan fingerprint density at radius 2 is 2.25 bits per heavy atom. The van der Waals surface area contributed by atoms with Crippen LogP contribution in [-0.2, 0) is 15.1 Å². The zero-order chi connectivity index (χ0) is 11.4. The van der Waals surface area contributed by atoms with E-state index in [1.54, 1.807) is 7.11 Å². The van der Waals surface area contributed by atoms with Crippen LogP contribution in [0.2, 0.25) is 0 Å². The van der Waals surface area contributed by atoms with Crippen LogP contribution in [-0.4, -0.2) is 36.2 Å². The van der Waals surface area contributed by atoms with Crippen molar-refractivity contribution in [3.63, 3.8) is 0 Å². The van der Waals surface area contributed by atoms with Crippen molar-refractivity contribution in [2.24, 2.45) is 0 Å². The number of anilines is 1. The van der Waals surface area contributed by atoms with Crippen LogP contribution in [0.15, 0.2) is 0 Å². The molecule has 6 heteroatoms. The Kier molecular flexibility index (Phi) is 3.73. The first-order chi connectivity index (χ1) is 7.80. The van der Waals surface area contributed by atoms with Gasteiger partial charge in [-0.25, -0.2) is 4.98 Å². The maximum absolute atomic E-state index is 5.63. The van der Waals surface area contributed by atoms with E-state index in [9.17, 15) is 0 Å². The summed E-state index contributed by atoms with van der Waals surface area (Å²) >= 11 is 1.39. The molecule has 1 fully saturated rings. The Morgan fingerprint density at radius 3 is 2.88 bits per heavy atom. The molecule has 1 N–H and O–H groups in total. The molecule has 0 spiro atoms. The van der Waals surface area contributed by atoms with Gasteiger partial charge in [-0.15, -0.1) is 0 Å². The van der Waals surface area contributed by atoms with Crippen molar-refractivity contribution < 1.29 is 9.47 Å². The van der Waals surface area contributed by atoms with Crippen LogP contribution in [0.4, 0.5) is 5.13 Å². The SMILES string of the molecule is CCNc1nc(C2(OC)CCOCC2)ns1. The molecule has 0 unspecified atom stereocenters. The van der Waals surface area contributed by atoms with Gasteiger partial charge in [0.15, 0.2) is 5.82 Å². The molecular weight excluding hydrogens is 226 g/mol. The van der Waals surface area contributed by atoms with Crippen LogP contribution >= 0.6 is 11.5 Å². The summed E-state index contributed by atoms with van der Waals surface area (Å²) in [5.74, 6) is 0.791. The van der Waals surface area contributed by atoms with Gasteiger partial charge < -0.3 is 14.8 Å². The van der Waals surface area contributed by atoms with E-state index in [2.05, 4.69) is 14.7 Å². The van der Waals surface area contributed by atoms with Crippen LogP contribution in [0.1, 0.15) is 25.6 Å². The van der Waals surface area contributed by atoms with Crippen molar-refractivity contribution in [3.8, 4) is 0 Å². The summed E-state index contributed by atoms with van der Waals surface area (Å²) in [6.07, 6.45) is 1.65. The minimum atomic E-state index is -0.345. The van der Waals surface area contributed by atoms with Gasteiger partial charge in [-0.3, -0.25) is 0 Å². The third-order valence-electron chi connectivity index (χ3n) is 2.85. The molecule has 1 aliphatic heterocycles. The monoisotopic (exact) mass is 243 g/mol. The van der Waals surface area contributed by atoms with Gasteiger partial charge in [0.05, 0.1) is 0 Å². The Balaban J connectivity index is 2.18. The molecule has 16 heavy (non-hydrogen) atoms. The highest BCUT2D eigenvalue weighted by molar-refractivity contribution is 7.09. The van der Waals surface area contributed by atoms with Gasteiger partial charge in [0.25, 0.3) is 0 Å². The molecule has 1 saturated heterocycles. The first-order valence-electron chi connectivity index (χ1n) is 5.52. The van der Waals surface area contributed by atoms with Crippen LogP contribution in [0.25, 0.3) is 0 Å². The molecule has 0 radical (unpaired) electrons. The molecule has 0 saturated carbocycles. The molecule has 0 aromatic carbocycles. The van der Waals surface area contributed by atoms with Gasteiger partial charge in [0.2, 0.25) is 5.13 Å². The molecule has 0 aliphatic carbocycles. The maximum Gasteiger partial charge on any atom is 0.202 e. The fraction of sp³-hybridized carbons (Fsp3) is 0.800. The highest BCUT2D eigenvalue weighted by Crippen LogP contribution is 2.34. The minimum Gasteiger partial charge on any atom is -0.381 e. The molecule has 0 atom stereocenters. The van der Waals surface area contributed by atoms with E-state index in [4.69, 9.17) is 9.47 Å². The second-order valence-electron chi connectivity index (χ2n) is 3.76. The van der Waals surface area contributed by atoms with Crippen molar-refractivity contribution in [2.45, 2.75) is 25.4 Å². The second kappa shape index (κ2) is 5.07. The predicted molar refractivity (Wildman–Crippen MR) is 62.8 cm³/mol. The third kappa shape index (κ3) is 2.18. The van der Waals surface area contributed by atoms with Gasteiger partial charge >= 0.3 is 0 Å². The summed E-state index contributed by atoms with van der Waals surface area (Å²) in [5, 5.41) is 4.03. The Hall–Kier alpha value is -0.720. The number of nitrogens with zero attached hydrogens (tertiary/aromatic N) is 2. The lowest BCUT2D eigenvalue weighted by molar-refractivity contribution is -0.0993. The van der Waals surface area contributed by atoms with Gasteiger partial charge in [-0.05, 0) is 6.92 Å². The Labute approximate surface area is 99.3 Å². The summed E-state index contributed by atoms with van der Waals surface area (Å²) in [5.41, 5.74) is -0.345. The van der Waals surface area contributed by atoms with E-state index in [1.165, 1.54) is 11.5 Å². The van der Waals surface area contributed by atoms with Gasteiger partial charge in [-0.2, -0.15) is 4.37 Å². The zero-order valence-corrected chi connectivity index (χ0v) is 10.5. The van der Waals surface area contributed by atoms with E-state index in [0.717, 1.165) is 30.3 Å². The number of hydrogen-bond donors (Lipinski definition) is 1. The number of ether oxygens (including phenoxy) is 2. The topological polar surface area (TPSA) is 56.3 Å². The second-order valence-corrected chi connectivity index (χ2v) is 4.52. The molecule has 90 valence electrons. The maximum atomic E-state index is 5.63. The highest BCUT2D eigenvalue weighted by atomic mass is 32.1. The zero-order valence-electron chi connectivity index (χ0n) is 9.65. The van der Waals surface area contributed by atoms with Crippen LogP contribution in [0.3, 0.4) is 0 Å². The first kappa shape index (κ1) is 11.8. The van der Waals surface area contributed by atoms with Gasteiger partial charge in [-0.1, -0.05) is 0 Å². The van der Waals surface area contributed by atoms with Crippen LogP contribution < -0.4 is 5.32 Å². The average molecular weight is 243 g/mol. The lowest BCUT2D eigenvalue weighted by atomic mass is 9.93. The highest BCUT2D eigenvalue weighted by Gasteiger charge is 2.38. The molecule has 2 rings (SSSR count). The standard InChI is InChI=1S/C10H17N3O2S/c1-3-11-9-12-8(13-16-9)10(14-2)4-6-15-7-5-10/h3-7H2,1-2H3,(H,11,12,13). The molecule has 5 nitrogen and oxygen atoms in total. The van der Waals surface area contributed by atoms with E-state index >= 15 is 0 Å². The molecule has 1 aliphatic rings. The van der Waals surface area contributed by atoms with Gasteiger partial charge in [0, 0.05) is 51.2 Å². The van der Waals surface area contributed by atoms with E-state index < -0.39 is 0 Å². The summed E-state index contributed by atoms with van der Waals surface area (Å²) < 4.78 is 15.4. The molecular formula is C10H17N3O2S. The number of nitrogens with one attached hydrogen (secondary N) is 1. The largest absolute Gasteiger partial charge is 0.381 e. The van der Waals surface area contributed by atoms with Crippen molar-refractivity contribution >= 4 is 16.7 Å². The normalized spacial score (nSPS) is 19.6. The molecule has 1 aromatic rings. The lowest BCUT2D eigenvalue weighted by Gasteiger charge is -2.33. The summed E-state index contributed by atoms with van der Waals surface area (Å²) in [7, 11) is 1.72. The quantitative estimate of drug-likeness (QED) is 0.871. The third-order valence-corrected chi connectivity index (χ3v) is 3.53. The summed E-state index contributed by atoms with van der Waals surface area (Å²) in [6, 6.07) is 0. The first-order valence-corrected chi connectivity index (χ1v) is 6.29. The molecule has 1 aromatic heterocycles. The summed E-state index contributed by atoms with van der Waals surface area (Å²) in [6.45, 7) is 4.33. The van der Waals surface area contributed by atoms with E-state index in [0.29, 0.717) is 13.2 Å². The number of rotatable bonds is 4. The number of aromatic nitrogens is 2. The van der Waals surface area contributed by atoms with Crippen LogP contribution in [0.5, 0.6) is 0 Å². The van der Waals surface area contributed by atoms with Crippen LogP contribution in [0, 0.1) is 0 Å².